The van der Waals surface area contributed by atoms with Crippen LogP contribution in [-0.2, 0) is 0 Å². The van der Waals surface area contributed by atoms with Crippen LogP contribution in [0.3, 0.4) is 0 Å². The average Bonchev–Trinajstić information content (AvgIpc) is 3.07. The summed E-state index contributed by atoms with van der Waals surface area (Å²) in [5.41, 5.74) is 2.71. The Labute approximate surface area is 146 Å². The third-order valence-electron chi connectivity index (χ3n) is 4.36. The van der Waals surface area contributed by atoms with E-state index in [2.05, 4.69) is 57.3 Å². The van der Waals surface area contributed by atoms with Crippen molar-refractivity contribution in [3.63, 3.8) is 0 Å². The summed E-state index contributed by atoms with van der Waals surface area (Å²) in [6.45, 7) is 0. The highest BCUT2D eigenvalue weighted by Gasteiger charge is 2.13. The third-order valence-corrected chi connectivity index (χ3v) is 5.02. The van der Waals surface area contributed by atoms with Gasteiger partial charge in [0, 0.05) is 20.8 Å². The van der Waals surface area contributed by atoms with Gasteiger partial charge in [0.2, 0.25) is 5.89 Å². The quantitative estimate of drug-likeness (QED) is 0.311. The molecule has 0 fully saturated rings. The van der Waals surface area contributed by atoms with Crippen LogP contribution in [0.2, 0.25) is 0 Å². The maximum absolute atomic E-state index is 6.13. The second kappa shape index (κ2) is 5.18. The fourth-order valence-corrected chi connectivity index (χ4v) is 3.83. The Hall–Kier alpha value is -2.65. The van der Waals surface area contributed by atoms with Crippen molar-refractivity contribution in [1.82, 2.24) is 4.98 Å². The molecule has 0 saturated carbocycles. The molecule has 0 aliphatic rings. The molecular weight excluding hydrogens is 362 g/mol. The summed E-state index contributed by atoms with van der Waals surface area (Å²) in [5, 5.41) is 4.67. The SMILES string of the molecule is Brc1cccc2ccc3c(ccc4nc(-c5ccccc5)oc43)c12. The molecule has 0 aliphatic heterocycles. The van der Waals surface area contributed by atoms with Crippen molar-refractivity contribution in [2.75, 3.05) is 0 Å². The minimum atomic E-state index is 0.658. The molecule has 0 aliphatic carbocycles. The highest BCUT2D eigenvalue weighted by molar-refractivity contribution is 9.10. The second-order valence-corrected chi connectivity index (χ2v) is 6.65. The molecule has 5 aromatic rings. The minimum Gasteiger partial charge on any atom is -0.435 e. The van der Waals surface area contributed by atoms with Gasteiger partial charge in [0.1, 0.15) is 5.52 Å². The minimum absolute atomic E-state index is 0.658. The van der Waals surface area contributed by atoms with Crippen LogP contribution in [0.1, 0.15) is 0 Å². The fraction of sp³-hybridized carbons (Fsp3) is 0. The van der Waals surface area contributed by atoms with Crippen LogP contribution in [0.15, 0.2) is 81.7 Å². The number of hydrogen-bond donors (Lipinski definition) is 0. The van der Waals surface area contributed by atoms with Gasteiger partial charge in [-0.2, -0.15) is 0 Å². The van der Waals surface area contributed by atoms with Crippen LogP contribution in [0, 0.1) is 0 Å². The summed E-state index contributed by atoms with van der Waals surface area (Å²) in [6, 6.07) is 24.7. The van der Waals surface area contributed by atoms with Crippen LogP contribution < -0.4 is 0 Å². The van der Waals surface area contributed by atoms with Crippen molar-refractivity contribution >= 4 is 48.6 Å². The highest BCUT2D eigenvalue weighted by Crippen LogP contribution is 2.36. The largest absolute Gasteiger partial charge is 0.435 e. The average molecular weight is 374 g/mol. The van der Waals surface area contributed by atoms with E-state index in [1.54, 1.807) is 0 Å². The number of rotatable bonds is 1. The Morgan fingerprint density at radius 3 is 2.46 bits per heavy atom. The molecular formula is C21H12BrNO. The van der Waals surface area contributed by atoms with Crippen LogP contribution in [0.4, 0.5) is 0 Å². The Morgan fingerprint density at radius 2 is 1.58 bits per heavy atom. The first-order valence-corrected chi connectivity index (χ1v) is 8.56. The standard InChI is InChI=1S/C21H12BrNO/c22-17-8-4-7-13-9-10-16-15(19(13)17)11-12-18-20(16)24-21(23-18)14-5-2-1-3-6-14/h1-12H. The van der Waals surface area contributed by atoms with Gasteiger partial charge in [-0.3, -0.25) is 0 Å². The van der Waals surface area contributed by atoms with Gasteiger partial charge >= 0.3 is 0 Å². The molecule has 0 amide bonds. The maximum Gasteiger partial charge on any atom is 0.227 e. The lowest BCUT2D eigenvalue weighted by Crippen LogP contribution is -1.80. The smallest absolute Gasteiger partial charge is 0.227 e. The second-order valence-electron chi connectivity index (χ2n) is 5.80. The number of nitrogens with zero attached hydrogens (tertiary/aromatic N) is 1. The van der Waals surface area contributed by atoms with E-state index in [1.807, 2.05) is 36.4 Å². The van der Waals surface area contributed by atoms with Crippen molar-refractivity contribution in [2.24, 2.45) is 0 Å². The van der Waals surface area contributed by atoms with Gasteiger partial charge in [0.05, 0.1) is 0 Å². The van der Waals surface area contributed by atoms with Crippen LogP contribution in [0.5, 0.6) is 0 Å². The zero-order valence-corrected chi connectivity index (χ0v) is 14.2. The summed E-state index contributed by atoms with van der Waals surface area (Å²) in [6.07, 6.45) is 0. The number of oxazole rings is 1. The van der Waals surface area contributed by atoms with Crippen LogP contribution >= 0.6 is 15.9 Å². The molecule has 1 aromatic heterocycles. The number of benzene rings is 4. The molecule has 4 aromatic carbocycles. The molecule has 2 nitrogen and oxygen atoms in total. The summed E-state index contributed by atoms with van der Waals surface area (Å²) < 4.78 is 7.22. The van der Waals surface area contributed by atoms with Gasteiger partial charge in [0.15, 0.2) is 5.58 Å². The van der Waals surface area contributed by atoms with Crippen molar-refractivity contribution in [3.8, 4) is 11.5 Å². The molecule has 0 spiro atoms. The molecule has 0 N–H and O–H groups in total. The van der Waals surface area contributed by atoms with E-state index >= 15 is 0 Å². The Morgan fingerprint density at radius 1 is 0.750 bits per heavy atom. The molecule has 5 rings (SSSR count). The van der Waals surface area contributed by atoms with E-state index in [9.17, 15) is 0 Å². The first-order chi connectivity index (χ1) is 11.8. The van der Waals surface area contributed by atoms with E-state index in [0.29, 0.717) is 5.89 Å². The number of fused-ring (bicyclic) bond motifs is 5. The van der Waals surface area contributed by atoms with Crippen molar-refractivity contribution in [3.05, 3.63) is 77.3 Å². The van der Waals surface area contributed by atoms with Gasteiger partial charge in [-0.15, -0.1) is 0 Å². The van der Waals surface area contributed by atoms with Gasteiger partial charge in [-0.25, -0.2) is 4.98 Å². The predicted octanol–water partition coefficient (Wildman–Crippen LogP) is 6.56. The molecule has 0 atom stereocenters. The van der Waals surface area contributed by atoms with Gasteiger partial charge in [-0.1, -0.05) is 58.4 Å². The topological polar surface area (TPSA) is 26.0 Å². The lowest BCUT2D eigenvalue weighted by molar-refractivity contribution is 0.623. The van der Waals surface area contributed by atoms with E-state index < -0.39 is 0 Å². The van der Waals surface area contributed by atoms with E-state index in [0.717, 1.165) is 26.5 Å². The molecule has 24 heavy (non-hydrogen) atoms. The van der Waals surface area contributed by atoms with Crippen LogP contribution in [-0.4, -0.2) is 4.98 Å². The zero-order valence-electron chi connectivity index (χ0n) is 12.7. The molecule has 0 unspecified atom stereocenters. The molecule has 114 valence electrons. The fourth-order valence-electron chi connectivity index (χ4n) is 3.24. The zero-order chi connectivity index (χ0) is 16.1. The molecule has 0 bridgehead atoms. The van der Waals surface area contributed by atoms with Crippen LogP contribution in [0.25, 0.3) is 44.1 Å². The molecule has 1 heterocycles. The lowest BCUT2D eigenvalue weighted by Gasteiger charge is -2.05. The van der Waals surface area contributed by atoms with E-state index in [1.165, 1.54) is 16.2 Å². The van der Waals surface area contributed by atoms with Crippen molar-refractivity contribution < 1.29 is 4.42 Å². The van der Waals surface area contributed by atoms with E-state index in [4.69, 9.17) is 4.42 Å². The lowest BCUT2D eigenvalue weighted by atomic mass is 10.0. The number of aromatic nitrogens is 1. The van der Waals surface area contributed by atoms with Gasteiger partial charge < -0.3 is 4.42 Å². The first kappa shape index (κ1) is 13.8. The summed E-state index contributed by atoms with van der Waals surface area (Å²) >= 11 is 3.68. The Kier molecular flexibility index (Phi) is 2.97. The Balaban J connectivity index is 1.88. The normalized spacial score (nSPS) is 11.5. The van der Waals surface area contributed by atoms with Crippen molar-refractivity contribution in [2.45, 2.75) is 0 Å². The first-order valence-electron chi connectivity index (χ1n) is 7.77. The highest BCUT2D eigenvalue weighted by atomic mass is 79.9. The number of hydrogen-bond acceptors (Lipinski definition) is 2. The molecule has 3 heteroatoms. The van der Waals surface area contributed by atoms with Gasteiger partial charge in [0.25, 0.3) is 0 Å². The summed E-state index contributed by atoms with van der Waals surface area (Å²) in [5.74, 6) is 0.658. The van der Waals surface area contributed by atoms with E-state index in [-0.39, 0.29) is 0 Å². The summed E-state index contributed by atoms with van der Waals surface area (Å²) in [4.78, 5) is 4.66. The predicted molar refractivity (Wildman–Crippen MR) is 102 cm³/mol. The molecule has 0 radical (unpaired) electrons. The van der Waals surface area contributed by atoms with Gasteiger partial charge in [-0.05, 0) is 41.1 Å². The molecule has 0 saturated heterocycles. The third kappa shape index (κ3) is 1.98. The maximum atomic E-state index is 6.13. The summed E-state index contributed by atoms with van der Waals surface area (Å²) in [7, 11) is 0. The number of halogens is 1. The monoisotopic (exact) mass is 373 g/mol. The van der Waals surface area contributed by atoms with Crippen molar-refractivity contribution in [1.29, 1.82) is 0 Å². The Bertz CT molecular complexity index is 1210.